The van der Waals surface area contributed by atoms with E-state index in [-0.39, 0.29) is 5.92 Å². The lowest BCUT2D eigenvalue weighted by Gasteiger charge is -2.08. The largest absolute Gasteiger partial charge is 0.299 e. The summed E-state index contributed by atoms with van der Waals surface area (Å²) in [6.07, 6.45) is 6.15. The van der Waals surface area contributed by atoms with Gasteiger partial charge in [-0.05, 0) is 30.5 Å². The molecule has 1 aromatic heterocycles. The zero-order chi connectivity index (χ0) is 10.4. The van der Waals surface area contributed by atoms with Gasteiger partial charge in [-0.3, -0.25) is 9.78 Å². The number of carbonyl (C=O) groups is 1. The Bertz CT molecular complexity index is 282. The van der Waals surface area contributed by atoms with Crippen molar-refractivity contribution in [2.24, 2.45) is 5.92 Å². The monoisotopic (exact) mass is 191 g/mol. The fourth-order valence-electron chi connectivity index (χ4n) is 1.44. The molecule has 0 bridgehead atoms. The number of Topliss-reactive ketones (excluding diaryl/α,β-unsaturated/α-hetero) is 1. The molecule has 0 aliphatic carbocycles. The predicted octanol–water partition coefficient (Wildman–Crippen LogP) is 2.63. The van der Waals surface area contributed by atoms with Gasteiger partial charge in [0, 0.05) is 24.7 Å². The molecule has 76 valence electrons. The Labute approximate surface area is 85.4 Å². The van der Waals surface area contributed by atoms with Crippen LogP contribution in [0.3, 0.4) is 0 Å². The van der Waals surface area contributed by atoms with E-state index in [1.807, 2.05) is 26.0 Å². The molecule has 1 atom stereocenters. The van der Waals surface area contributed by atoms with Crippen molar-refractivity contribution in [3.63, 3.8) is 0 Å². The van der Waals surface area contributed by atoms with Crippen LogP contribution in [0.4, 0.5) is 0 Å². The molecule has 0 amide bonds. The van der Waals surface area contributed by atoms with Crippen molar-refractivity contribution >= 4 is 5.78 Å². The van der Waals surface area contributed by atoms with Crippen LogP contribution in [0.1, 0.15) is 32.3 Å². The van der Waals surface area contributed by atoms with E-state index in [4.69, 9.17) is 0 Å². The average molecular weight is 191 g/mol. The molecule has 1 rings (SSSR count). The van der Waals surface area contributed by atoms with Gasteiger partial charge in [-0.15, -0.1) is 0 Å². The summed E-state index contributed by atoms with van der Waals surface area (Å²) in [6.45, 7) is 3.93. The molecule has 2 nitrogen and oxygen atoms in total. The van der Waals surface area contributed by atoms with Gasteiger partial charge in [-0.1, -0.05) is 13.8 Å². The minimum absolute atomic E-state index is 0.188. The SMILES string of the molecule is CCC(=O)C(C)CCc1ccncc1. The molecule has 0 aromatic carbocycles. The summed E-state index contributed by atoms with van der Waals surface area (Å²) in [7, 11) is 0. The highest BCUT2D eigenvalue weighted by Crippen LogP contribution is 2.10. The quantitative estimate of drug-likeness (QED) is 0.716. The van der Waals surface area contributed by atoms with Gasteiger partial charge < -0.3 is 0 Å². The molecular formula is C12H17NO. The first-order chi connectivity index (χ1) is 6.74. The molecule has 2 heteroatoms. The standard InChI is InChI=1S/C12H17NO/c1-3-12(14)10(2)4-5-11-6-8-13-9-7-11/h6-10H,3-5H2,1-2H3. The molecular weight excluding hydrogens is 174 g/mol. The zero-order valence-electron chi connectivity index (χ0n) is 8.86. The molecule has 1 aromatic rings. The second-order valence-electron chi connectivity index (χ2n) is 3.62. The number of aromatic nitrogens is 1. The van der Waals surface area contributed by atoms with E-state index < -0.39 is 0 Å². The summed E-state index contributed by atoms with van der Waals surface area (Å²) in [5.41, 5.74) is 1.26. The van der Waals surface area contributed by atoms with Crippen molar-refractivity contribution in [1.29, 1.82) is 0 Å². The van der Waals surface area contributed by atoms with Gasteiger partial charge in [0.05, 0.1) is 0 Å². The summed E-state index contributed by atoms with van der Waals surface area (Å²) in [5.74, 6) is 0.548. The number of nitrogens with zero attached hydrogens (tertiary/aromatic N) is 1. The van der Waals surface area contributed by atoms with Crippen LogP contribution in [0.25, 0.3) is 0 Å². The Morgan fingerprint density at radius 3 is 2.64 bits per heavy atom. The summed E-state index contributed by atoms with van der Waals surface area (Å²) >= 11 is 0. The molecule has 0 saturated carbocycles. The maximum atomic E-state index is 11.3. The van der Waals surface area contributed by atoms with Crippen LogP contribution in [0.15, 0.2) is 24.5 Å². The van der Waals surface area contributed by atoms with E-state index >= 15 is 0 Å². The fourth-order valence-corrected chi connectivity index (χ4v) is 1.44. The van der Waals surface area contributed by atoms with Gasteiger partial charge in [0.2, 0.25) is 0 Å². The molecule has 14 heavy (non-hydrogen) atoms. The summed E-state index contributed by atoms with van der Waals surface area (Å²) < 4.78 is 0. The van der Waals surface area contributed by atoms with Crippen molar-refractivity contribution < 1.29 is 4.79 Å². The Morgan fingerprint density at radius 1 is 1.43 bits per heavy atom. The predicted molar refractivity (Wildman–Crippen MR) is 57.0 cm³/mol. The van der Waals surface area contributed by atoms with Crippen LogP contribution in [-0.4, -0.2) is 10.8 Å². The normalized spacial score (nSPS) is 12.4. The molecule has 1 unspecified atom stereocenters. The molecule has 0 saturated heterocycles. The highest BCUT2D eigenvalue weighted by Gasteiger charge is 2.09. The molecule has 1 heterocycles. The third-order valence-electron chi connectivity index (χ3n) is 2.51. The summed E-state index contributed by atoms with van der Waals surface area (Å²) in [4.78, 5) is 15.3. The minimum atomic E-state index is 0.188. The maximum Gasteiger partial charge on any atom is 0.135 e. The zero-order valence-corrected chi connectivity index (χ0v) is 8.86. The number of hydrogen-bond acceptors (Lipinski definition) is 2. The van der Waals surface area contributed by atoms with E-state index in [9.17, 15) is 4.79 Å². The van der Waals surface area contributed by atoms with Crippen LogP contribution >= 0.6 is 0 Å². The van der Waals surface area contributed by atoms with Gasteiger partial charge in [-0.2, -0.15) is 0 Å². The lowest BCUT2D eigenvalue weighted by Crippen LogP contribution is -2.10. The van der Waals surface area contributed by atoms with E-state index in [0.29, 0.717) is 12.2 Å². The van der Waals surface area contributed by atoms with Crippen LogP contribution in [0, 0.1) is 5.92 Å². The molecule has 0 radical (unpaired) electrons. The molecule has 0 aliphatic heterocycles. The van der Waals surface area contributed by atoms with Crippen LogP contribution in [0.5, 0.6) is 0 Å². The number of rotatable bonds is 5. The van der Waals surface area contributed by atoms with Gasteiger partial charge >= 0.3 is 0 Å². The molecule has 0 fully saturated rings. The Morgan fingerprint density at radius 2 is 2.07 bits per heavy atom. The average Bonchev–Trinajstić information content (AvgIpc) is 2.26. The number of hydrogen-bond donors (Lipinski definition) is 0. The number of pyridine rings is 1. The first kappa shape index (κ1) is 10.9. The number of ketones is 1. The third-order valence-corrected chi connectivity index (χ3v) is 2.51. The van der Waals surface area contributed by atoms with E-state index in [1.54, 1.807) is 12.4 Å². The molecule has 0 N–H and O–H groups in total. The lowest BCUT2D eigenvalue weighted by molar-refractivity contribution is -0.122. The van der Waals surface area contributed by atoms with Crippen LogP contribution in [-0.2, 0) is 11.2 Å². The van der Waals surface area contributed by atoms with Gasteiger partial charge in [-0.25, -0.2) is 0 Å². The topological polar surface area (TPSA) is 30.0 Å². The number of carbonyl (C=O) groups excluding carboxylic acids is 1. The third kappa shape index (κ3) is 3.29. The number of aryl methyl sites for hydroxylation is 1. The van der Waals surface area contributed by atoms with Crippen molar-refractivity contribution in [2.75, 3.05) is 0 Å². The Hall–Kier alpha value is -1.18. The fraction of sp³-hybridized carbons (Fsp3) is 0.500. The van der Waals surface area contributed by atoms with E-state index in [1.165, 1.54) is 5.56 Å². The van der Waals surface area contributed by atoms with Gasteiger partial charge in [0.25, 0.3) is 0 Å². The summed E-state index contributed by atoms with van der Waals surface area (Å²) in [6, 6.07) is 4.01. The Kier molecular flexibility index (Phi) is 4.30. The van der Waals surface area contributed by atoms with E-state index in [2.05, 4.69) is 4.98 Å². The maximum absolute atomic E-state index is 11.3. The summed E-state index contributed by atoms with van der Waals surface area (Å²) in [5, 5.41) is 0. The van der Waals surface area contributed by atoms with Gasteiger partial charge in [0.1, 0.15) is 5.78 Å². The van der Waals surface area contributed by atoms with Crippen molar-refractivity contribution in [1.82, 2.24) is 4.98 Å². The van der Waals surface area contributed by atoms with Crippen molar-refractivity contribution in [3.8, 4) is 0 Å². The first-order valence-electron chi connectivity index (χ1n) is 5.15. The van der Waals surface area contributed by atoms with Crippen LogP contribution < -0.4 is 0 Å². The Balaban J connectivity index is 2.38. The molecule has 0 spiro atoms. The van der Waals surface area contributed by atoms with E-state index in [0.717, 1.165) is 12.8 Å². The second-order valence-corrected chi connectivity index (χ2v) is 3.62. The highest BCUT2D eigenvalue weighted by atomic mass is 16.1. The minimum Gasteiger partial charge on any atom is -0.299 e. The smallest absolute Gasteiger partial charge is 0.135 e. The molecule has 0 aliphatic rings. The van der Waals surface area contributed by atoms with Crippen molar-refractivity contribution in [2.45, 2.75) is 33.1 Å². The van der Waals surface area contributed by atoms with Crippen molar-refractivity contribution in [3.05, 3.63) is 30.1 Å². The first-order valence-corrected chi connectivity index (χ1v) is 5.15. The van der Waals surface area contributed by atoms with Gasteiger partial charge in [0.15, 0.2) is 0 Å². The second kappa shape index (κ2) is 5.53. The lowest BCUT2D eigenvalue weighted by atomic mass is 9.96. The van der Waals surface area contributed by atoms with Crippen LogP contribution in [0.2, 0.25) is 0 Å². The highest BCUT2D eigenvalue weighted by molar-refractivity contribution is 5.80.